The number of aliphatic hydroxyl groups excluding tert-OH is 1. The molecule has 0 radical (unpaired) electrons. The normalized spacial score (nSPS) is 17.4. The number of nitrogens with one attached hydrogen (secondary N) is 4. The molecule has 4 bridgehead atoms. The smallest absolute Gasteiger partial charge is 0.326 e. The molecule has 1 aliphatic rings. The van der Waals surface area contributed by atoms with Crippen LogP contribution in [0.25, 0.3) is 11.1 Å². The predicted octanol–water partition coefficient (Wildman–Crippen LogP) is 2.02. The van der Waals surface area contributed by atoms with E-state index in [1.807, 2.05) is 0 Å². The van der Waals surface area contributed by atoms with Crippen molar-refractivity contribution in [2.75, 3.05) is 27.2 Å². The van der Waals surface area contributed by atoms with Gasteiger partial charge in [-0.1, -0.05) is 58.4 Å². The summed E-state index contributed by atoms with van der Waals surface area (Å²) in [5, 5.41) is 63.1. The van der Waals surface area contributed by atoms with Gasteiger partial charge in [0.25, 0.3) is 0 Å². The molecule has 62 heavy (non-hydrogen) atoms. The molecular formula is C42H59N7O13. The Morgan fingerprint density at radius 3 is 2.15 bits per heavy atom. The van der Waals surface area contributed by atoms with Gasteiger partial charge < -0.3 is 51.5 Å². The number of nitrogens with zero attached hydrogens (tertiary/aromatic N) is 3. The summed E-state index contributed by atoms with van der Waals surface area (Å²) >= 11 is 0. The number of phenolic OH excluding ortho intramolecular Hbond substituents is 2. The zero-order valence-electron chi connectivity index (χ0n) is 35.9. The van der Waals surface area contributed by atoms with Crippen LogP contribution in [-0.4, -0.2) is 128 Å². The molecule has 0 saturated heterocycles. The molecule has 2 aromatic rings. The summed E-state index contributed by atoms with van der Waals surface area (Å²) in [5.41, 5.74) is -1.39. The number of nitro benzene ring substituents is 1. The Kier molecular flexibility index (Phi) is 18.6. The first-order valence-corrected chi connectivity index (χ1v) is 20.6. The van der Waals surface area contributed by atoms with E-state index < -0.39 is 107 Å². The molecule has 340 valence electrons. The van der Waals surface area contributed by atoms with Crippen molar-refractivity contribution >= 4 is 47.1 Å². The molecule has 0 spiro atoms. The number of aliphatic hydroxyl groups is 1. The number of amides is 6. The number of hydrogen-bond donors (Lipinski definition) is 8. The van der Waals surface area contributed by atoms with Gasteiger partial charge in [-0.25, -0.2) is 4.79 Å². The number of carboxylic acids is 1. The highest BCUT2D eigenvalue weighted by molar-refractivity contribution is 5.96. The molecular weight excluding hydrogens is 810 g/mol. The van der Waals surface area contributed by atoms with Crippen LogP contribution in [0.1, 0.15) is 96.2 Å². The highest BCUT2D eigenvalue weighted by Gasteiger charge is 2.35. The summed E-state index contributed by atoms with van der Waals surface area (Å²) in [6.07, 6.45) is 6.70. The lowest BCUT2D eigenvalue weighted by Gasteiger charge is -2.30. The van der Waals surface area contributed by atoms with Gasteiger partial charge in [-0.15, -0.1) is 0 Å². The van der Waals surface area contributed by atoms with E-state index in [4.69, 9.17) is 0 Å². The van der Waals surface area contributed by atoms with Gasteiger partial charge in [-0.2, -0.15) is 0 Å². The van der Waals surface area contributed by atoms with E-state index in [1.165, 1.54) is 59.0 Å². The van der Waals surface area contributed by atoms with Crippen molar-refractivity contribution in [3.8, 4) is 22.6 Å². The molecule has 20 nitrogen and oxygen atoms in total. The Bertz CT molecular complexity index is 1990. The lowest BCUT2D eigenvalue weighted by Crippen LogP contribution is -2.55. The maximum Gasteiger partial charge on any atom is 0.326 e. The van der Waals surface area contributed by atoms with Gasteiger partial charge in [0, 0.05) is 44.1 Å². The van der Waals surface area contributed by atoms with Crippen molar-refractivity contribution in [1.82, 2.24) is 31.1 Å². The monoisotopic (exact) mass is 869 g/mol. The van der Waals surface area contributed by atoms with Crippen LogP contribution >= 0.6 is 0 Å². The topological polar surface area (TPSA) is 298 Å². The third-order valence-electron chi connectivity index (χ3n) is 10.7. The quantitative estimate of drug-likeness (QED) is 0.0570. The second-order valence-corrected chi connectivity index (χ2v) is 16.0. The van der Waals surface area contributed by atoms with Crippen LogP contribution in [0.15, 0.2) is 30.3 Å². The minimum absolute atomic E-state index is 0.00276. The first-order chi connectivity index (χ1) is 29.2. The molecule has 0 fully saturated rings. The van der Waals surface area contributed by atoms with Crippen LogP contribution in [0.4, 0.5) is 5.69 Å². The summed E-state index contributed by atoms with van der Waals surface area (Å²) in [7, 11) is 2.58. The van der Waals surface area contributed by atoms with E-state index in [-0.39, 0.29) is 34.6 Å². The second-order valence-electron chi connectivity index (χ2n) is 16.0. The van der Waals surface area contributed by atoms with Crippen molar-refractivity contribution in [3.05, 3.63) is 51.6 Å². The van der Waals surface area contributed by atoms with Crippen molar-refractivity contribution in [2.45, 2.75) is 116 Å². The largest absolute Gasteiger partial charge is 0.507 e. The van der Waals surface area contributed by atoms with Crippen molar-refractivity contribution in [3.63, 3.8) is 0 Å². The zero-order valence-corrected chi connectivity index (χ0v) is 35.9. The first kappa shape index (κ1) is 50.0. The minimum Gasteiger partial charge on any atom is -0.507 e. The lowest BCUT2D eigenvalue weighted by atomic mass is 9.93. The number of aromatic hydroxyl groups is 2. The maximum atomic E-state index is 13.9. The molecule has 1 heterocycles. The molecule has 2 aromatic carbocycles. The summed E-state index contributed by atoms with van der Waals surface area (Å²) in [6.45, 7) is 5.51. The van der Waals surface area contributed by atoms with Crippen LogP contribution in [0.3, 0.4) is 0 Å². The molecule has 0 aromatic heterocycles. The highest BCUT2D eigenvalue weighted by atomic mass is 16.6. The Balaban J connectivity index is 1.77. The zero-order chi connectivity index (χ0) is 46.4. The van der Waals surface area contributed by atoms with E-state index in [0.717, 1.165) is 47.6 Å². The number of nitro groups is 1. The van der Waals surface area contributed by atoms with Gasteiger partial charge in [-0.05, 0) is 55.5 Å². The molecule has 5 atom stereocenters. The highest BCUT2D eigenvalue weighted by Crippen LogP contribution is 2.43. The van der Waals surface area contributed by atoms with Gasteiger partial charge in [0.15, 0.2) is 0 Å². The van der Waals surface area contributed by atoms with Gasteiger partial charge in [-0.3, -0.25) is 38.9 Å². The number of carbonyl (C=O) groups is 7. The average molecular weight is 870 g/mol. The van der Waals surface area contributed by atoms with Gasteiger partial charge in [0.1, 0.15) is 36.0 Å². The number of aliphatic carboxylic acids is 1. The van der Waals surface area contributed by atoms with E-state index in [0.29, 0.717) is 12.3 Å². The number of likely N-dealkylation sites (N-methyl/N-ethyl adjacent to an activating group) is 2. The molecule has 0 aliphatic carbocycles. The Morgan fingerprint density at radius 2 is 1.53 bits per heavy atom. The standard InChI is InChI=1S/C42H59N7O13/c1-23(2)13-11-9-7-8-10-12-14-34(52)47(5)32(22-50)40(57)44-24(3)38(55)43-21-35(53)48(6)36-27-15-16-33(51)28(20-27)29-17-26(19-31(37(29)54)49(61)62)18-30(42(59)60)46-39(56)25(4)45-41(36)58/h15-17,19-20,23-25,30,32,36,50-51,54H,7-14,18,21-22H2,1-6H3,(H,43,55)(H,44,57)(H,45,58)(H,46,56)(H,59,60)/t24-,25+,30?,32-,36?/m1/s1. The Morgan fingerprint density at radius 1 is 0.887 bits per heavy atom. The maximum absolute atomic E-state index is 13.9. The molecule has 1 aliphatic heterocycles. The van der Waals surface area contributed by atoms with Gasteiger partial charge in [0.05, 0.1) is 18.1 Å². The van der Waals surface area contributed by atoms with E-state index in [1.54, 1.807) is 0 Å². The summed E-state index contributed by atoms with van der Waals surface area (Å²) in [6, 6.07) is -1.53. The first-order valence-electron chi connectivity index (χ1n) is 20.6. The van der Waals surface area contributed by atoms with Crippen LogP contribution in [-0.2, 0) is 40.0 Å². The van der Waals surface area contributed by atoms with Crippen LogP contribution in [0.5, 0.6) is 11.5 Å². The SMILES string of the molecule is CC(C)CCCCCCCCC(=O)N(C)[C@H](CO)C(=O)N[C@H](C)C(=O)NCC(=O)N(C)C1C(=O)N[C@@H](C)C(=O)NC(C(=O)O)Cc2cc(c(O)c([N+](=O)[O-])c2)-c2cc1ccc2O. The lowest BCUT2D eigenvalue weighted by molar-refractivity contribution is -0.385. The number of unbranched alkanes of at least 4 members (excludes halogenated alkanes) is 5. The number of rotatable bonds is 19. The Labute approximate surface area is 359 Å². The predicted molar refractivity (Wildman–Crippen MR) is 224 cm³/mol. The van der Waals surface area contributed by atoms with Crippen LogP contribution in [0, 0.1) is 16.0 Å². The molecule has 0 saturated carbocycles. The minimum atomic E-state index is -1.65. The van der Waals surface area contributed by atoms with Crippen LogP contribution < -0.4 is 21.3 Å². The Hall–Kier alpha value is -6.31. The number of benzene rings is 2. The summed E-state index contributed by atoms with van der Waals surface area (Å²) < 4.78 is 0. The fraction of sp³-hybridized carbons (Fsp3) is 0.548. The van der Waals surface area contributed by atoms with Crippen LogP contribution in [0.2, 0.25) is 0 Å². The van der Waals surface area contributed by atoms with E-state index in [2.05, 4.69) is 35.1 Å². The third-order valence-corrected chi connectivity index (χ3v) is 10.7. The number of carbonyl (C=O) groups excluding carboxylic acids is 6. The average Bonchev–Trinajstić information content (AvgIpc) is 3.20. The number of carboxylic acid groups (broad SMARTS) is 1. The molecule has 3 rings (SSSR count). The van der Waals surface area contributed by atoms with Gasteiger partial charge in [0.2, 0.25) is 41.2 Å². The molecule has 2 unspecified atom stereocenters. The number of fused-ring (bicyclic) bond motifs is 5. The fourth-order valence-corrected chi connectivity index (χ4v) is 6.95. The number of hydrogen-bond acceptors (Lipinski definition) is 12. The van der Waals surface area contributed by atoms with E-state index in [9.17, 15) is 64.1 Å². The molecule has 8 N–H and O–H groups in total. The van der Waals surface area contributed by atoms with E-state index >= 15 is 0 Å². The van der Waals surface area contributed by atoms with Crippen molar-refractivity contribution in [2.24, 2.45) is 5.92 Å². The summed E-state index contributed by atoms with van der Waals surface area (Å²) in [5.74, 6) is -7.03. The molecule has 6 amide bonds. The summed E-state index contributed by atoms with van der Waals surface area (Å²) in [4.78, 5) is 105. The van der Waals surface area contributed by atoms with Crippen molar-refractivity contribution in [1.29, 1.82) is 0 Å². The molecule has 20 heteroatoms. The van der Waals surface area contributed by atoms with Gasteiger partial charge >= 0.3 is 11.7 Å². The second kappa shape index (κ2) is 23.1. The fourth-order valence-electron chi connectivity index (χ4n) is 6.95. The van der Waals surface area contributed by atoms with Crippen molar-refractivity contribution < 1.29 is 58.9 Å². The number of phenols is 2. The third kappa shape index (κ3) is 13.6.